The molecule has 1 amide bonds. The molecule has 0 aromatic carbocycles. The zero-order valence-electron chi connectivity index (χ0n) is 11.1. The van der Waals surface area contributed by atoms with Crippen LogP contribution in [-0.4, -0.2) is 35.6 Å². The summed E-state index contributed by atoms with van der Waals surface area (Å²) >= 11 is 0. The second-order valence-electron chi connectivity index (χ2n) is 5.14. The van der Waals surface area contributed by atoms with Gasteiger partial charge in [0.1, 0.15) is 0 Å². The average Bonchev–Trinajstić information content (AvgIpc) is 2.29. The Balaban J connectivity index is 2.49. The standard InChI is InChI=1S/C13H24N2O3/c1-2-8-14-10-11(16)15-13(9-12(17)18)6-4-3-5-7-13/h14H,2-10H2,1H3,(H,15,16)(H,17,18). The summed E-state index contributed by atoms with van der Waals surface area (Å²) in [4.78, 5) is 22.8. The third-order valence-corrected chi connectivity index (χ3v) is 3.42. The van der Waals surface area contributed by atoms with E-state index in [0.29, 0.717) is 0 Å². The second kappa shape index (κ2) is 7.36. The number of rotatable bonds is 7. The molecule has 0 atom stereocenters. The van der Waals surface area contributed by atoms with Gasteiger partial charge in [-0.25, -0.2) is 0 Å². The molecular weight excluding hydrogens is 232 g/mol. The van der Waals surface area contributed by atoms with Gasteiger partial charge >= 0.3 is 5.97 Å². The minimum Gasteiger partial charge on any atom is -0.481 e. The van der Waals surface area contributed by atoms with E-state index in [1.807, 2.05) is 6.92 Å². The molecule has 3 N–H and O–H groups in total. The molecule has 104 valence electrons. The Bertz CT molecular complexity index is 286. The van der Waals surface area contributed by atoms with E-state index in [2.05, 4.69) is 10.6 Å². The third kappa shape index (κ3) is 5.04. The first-order valence-corrected chi connectivity index (χ1v) is 6.81. The second-order valence-corrected chi connectivity index (χ2v) is 5.14. The van der Waals surface area contributed by atoms with Gasteiger partial charge in [0, 0.05) is 0 Å². The summed E-state index contributed by atoms with van der Waals surface area (Å²) in [6, 6.07) is 0. The van der Waals surface area contributed by atoms with Crippen LogP contribution in [0.3, 0.4) is 0 Å². The predicted octanol–water partition coefficient (Wildman–Crippen LogP) is 1.28. The lowest BCUT2D eigenvalue weighted by Gasteiger charge is -2.37. The molecular formula is C13H24N2O3. The quantitative estimate of drug-likeness (QED) is 0.600. The SMILES string of the molecule is CCCNCC(=O)NC1(CC(=O)O)CCCCC1. The van der Waals surface area contributed by atoms with Crippen LogP contribution in [-0.2, 0) is 9.59 Å². The van der Waals surface area contributed by atoms with Crippen molar-refractivity contribution in [1.82, 2.24) is 10.6 Å². The smallest absolute Gasteiger partial charge is 0.305 e. The van der Waals surface area contributed by atoms with Gasteiger partial charge in [-0.3, -0.25) is 9.59 Å². The lowest BCUT2D eigenvalue weighted by atomic mass is 9.79. The molecule has 1 rings (SSSR count). The van der Waals surface area contributed by atoms with Crippen LogP contribution in [0, 0.1) is 0 Å². The van der Waals surface area contributed by atoms with Crippen molar-refractivity contribution in [3.05, 3.63) is 0 Å². The number of aliphatic carboxylic acids is 1. The molecule has 1 fully saturated rings. The van der Waals surface area contributed by atoms with Gasteiger partial charge in [-0.15, -0.1) is 0 Å². The highest BCUT2D eigenvalue weighted by Gasteiger charge is 2.35. The molecule has 5 nitrogen and oxygen atoms in total. The van der Waals surface area contributed by atoms with Crippen molar-refractivity contribution in [2.24, 2.45) is 0 Å². The van der Waals surface area contributed by atoms with Crippen molar-refractivity contribution in [1.29, 1.82) is 0 Å². The van der Waals surface area contributed by atoms with Crippen molar-refractivity contribution in [2.45, 2.75) is 57.4 Å². The van der Waals surface area contributed by atoms with Crippen LogP contribution in [0.15, 0.2) is 0 Å². The number of carboxylic acid groups (broad SMARTS) is 1. The van der Waals surface area contributed by atoms with Crippen LogP contribution in [0.25, 0.3) is 0 Å². The van der Waals surface area contributed by atoms with E-state index in [9.17, 15) is 9.59 Å². The highest BCUT2D eigenvalue weighted by Crippen LogP contribution is 2.31. The first kappa shape index (κ1) is 15.0. The molecule has 0 bridgehead atoms. The minimum absolute atomic E-state index is 0.0342. The maximum absolute atomic E-state index is 11.8. The summed E-state index contributed by atoms with van der Waals surface area (Å²) in [5, 5.41) is 15.0. The van der Waals surface area contributed by atoms with Crippen LogP contribution in [0.1, 0.15) is 51.9 Å². The molecule has 1 aliphatic carbocycles. The lowest BCUT2D eigenvalue weighted by molar-refractivity contribution is -0.139. The number of carbonyl (C=O) groups is 2. The van der Waals surface area contributed by atoms with E-state index in [1.54, 1.807) is 0 Å². The molecule has 0 aliphatic heterocycles. The number of carbonyl (C=O) groups excluding carboxylic acids is 1. The summed E-state index contributed by atoms with van der Waals surface area (Å²) in [5.41, 5.74) is -0.519. The molecule has 18 heavy (non-hydrogen) atoms. The van der Waals surface area contributed by atoms with Crippen LogP contribution in [0.5, 0.6) is 0 Å². The van der Waals surface area contributed by atoms with Crippen molar-refractivity contribution in [2.75, 3.05) is 13.1 Å². The molecule has 0 heterocycles. The van der Waals surface area contributed by atoms with Gasteiger partial charge < -0.3 is 15.7 Å². The summed E-state index contributed by atoms with van der Waals surface area (Å²) in [5.74, 6) is -0.926. The minimum atomic E-state index is -0.835. The topological polar surface area (TPSA) is 78.4 Å². The number of amides is 1. The molecule has 1 aliphatic rings. The maximum atomic E-state index is 11.8. The average molecular weight is 256 g/mol. The number of hydrogen-bond acceptors (Lipinski definition) is 3. The van der Waals surface area contributed by atoms with Crippen LogP contribution in [0.2, 0.25) is 0 Å². The first-order valence-electron chi connectivity index (χ1n) is 6.81. The zero-order valence-corrected chi connectivity index (χ0v) is 11.1. The molecule has 0 aromatic heterocycles. The molecule has 0 spiro atoms. The third-order valence-electron chi connectivity index (χ3n) is 3.42. The van der Waals surface area contributed by atoms with E-state index >= 15 is 0 Å². The van der Waals surface area contributed by atoms with Crippen molar-refractivity contribution in [3.8, 4) is 0 Å². The Morgan fingerprint density at radius 1 is 1.22 bits per heavy atom. The fourth-order valence-electron chi connectivity index (χ4n) is 2.58. The van der Waals surface area contributed by atoms with Gasteiger partial charge in [0.2, 0.25) is 5.91 Å². The zero-order chi connectivity index (χ0) is 13.4. The van der Waals surface area contributed by atoms with Crippen LogP contribution in [0.4, 0.5) is 0 Å². The van der Waals surface area contributed by atoms with Crippen molar-refractivity contribution < 1.29 is 14.7 Å². The fourth-order valence-corrected chi connectivity index (χ4v) is 2.58. The Morgan fingerprint density at radius 2 is 1.89 bits per heavy atom. The Hall–Kier alpha value is -1.10. The fraction of sp³-hybridized carbons (Fsp3) is 0.846. The monoisotopic (exact) mass is 256 g/mol. The summed E-state index contributed by atoms with van der Waals surface area (Å²) in [6.45, 7) is 3.12. The first-order chi connectivity index (χ1) is 8.58. The largest absolute Gasteiger partial charge is 0.481 e. The summed E-state index contributed by atoms with van der Waals surface area (Å²) < 4.78 is 0. The van der Waals surface area contributed by atoms with E-state index in [4.69, 9.17) is 5.11 Å². The van der Waals surface area contributed by atoms with E-state index in [1.165, 1.54) is 0 Å². The van der Waals surface area contributed by atoms with Crippen LogP contribution < -0.4 is 10.6 Å². The van der Waals surface area contributed by atoms with Gasteiger partial charge in [-0.05, 0) is 25.8 Å². The summed E-state index contributed by atoms with van der Waals surface area (Å²) in [6.07, 6.45) is 5.69. The van der Waals surface area contributed by atoms with Crippen LogP contribution >= 0.6 is 0 Å². The van der Waals surface area contributed by atoms with Gasteiger partial charge in [0.15, 0.2) is 0 Å². The van der Waals surface area contributed by atoms with E-state index < -0.39 is 11.5 Å². The molecule has 5 heteroatoms. The maximum Gasteiger partial charge on any atom is 0.305 e. The molecule has 0 aromatic rings. The molecule has 0 unspecified atom stereocenters. The number of carboxylic acids is 1. The lowest BCUT2D eigenvalue weighted by Crippen LogP contribution is -2.53. The number of nitrogens with one attached hydrogen (secondary N) is 2. The van der Waals surface area contributed by atoms with E-state index in [-0.39, 0.29) is 18.9 Å². The Labute approximate surface area is 108 Å². The van der Waals surface area contributed by atoms with Crippen molar-refractivity contribution in [3.63, 3.8) is 0 Å². The Morgan fingerprint density at radius 3 is 2.44 bits per heavy atom. The molecule has 0 saturated heterocycles. The highest BCUT2D eigenvalue weighted by atomic mass is 16.4. The molecule has 0 radical (unpaired) electrons. The van der Waals surface area contributed by atoms with Gasteiger partial charge in [-0.1, -0.05) is 26.2 Å². The van der Waals surface area contributed by atoms with Crippen molar-refractivity contribution >= 4 is 11.9 Å². The van der Waals surface area contributed by atoms with Gasteiger partial charge in [0.05, 0.1) is 18.5 Å². The number of hydrogen-bond donors (Lipinski definition) is 3. The van der Waals surface area contributed by atoms with E-state index in [0.717, 1.165) is 45.1 Å². The predicted molar refractivity (Wildman–Crippen MR) is 69.4 cm³/mol. The normalized spacial score (nSPS) is 18.3. The highest BCUT2D eigenvalue weighted by molar-refractivity contribution is 5.80. The Kier molecular flexibility index (Phi) is 6.12. The van der Waals surface area contributed by atoms with Gasteiger partial charge in [-0.2, -0.15) is 0 Å². The summed E-state index contributed by atoms with van der Waals surface area (Å²) in [7, 11) is 0. The molecule has 1 saturated carbocycles. The van der Waals surface area contributed by atoms with Gasteiger partial charge in [0.25, 0.3) is 0 Å².